The minimum atomic E-state index is 0.437. The molecular weight excluding hydrogens is 305 g/mol. The lowest BCUT2D eigenvalue weighted by Crippen LogP contribution is -2.28. The lowest BCUT2D eigenvalue weighted by Gasteiger charge is -2.20. The second kappa shape index (κ2) is 6.15. The maximum absolute atomic E-state index is 6.14. The van der Waals surface area contributed by atoms with Crippen LogP contribution in [-0.4, -0.2) is 33.6 Å². The van der Waals surface area contributed by atoms with Crippen molar-refractivity contribution in [1.29, 1.82) is 0 Å². The molecule has 1 aliphatic rings. The molecule has 5 heteroatoms. The Bertz CT molecular complexity index is 636. The molecule has 1 aliphatic heterocycles. The van der Waals surface area contributed by atoms with E-state index in [4.69, 9.17) is 23.2 Å². The fourth-order valence-corrected chi connectivity index (χ4v) is 3.56. The summed E-state index contributed by atoms with van der Waals surface area (Å²) >= 11 is 12.2. The van der Waals surface area contributed by atoms with Gasteiger partial charge in [0, 0.05) is 24.2 Å². The number of likely N-dealkylation sites (tertiary alicyclic amines) is 1. The van der Waals surface area contributed by atoms with Crippen LogP contribution in [0.2, 0.25) is 5.02 Å². The average Bonchev–Trinajstić information content (AvgIpc) is 3.05. The van der Waals surface area contributed by atoms with E-state index in [-0.39, 0.29) is 0 Å². The summed E-state index contributed by atoms with van der Waals surface area (Å²) < 4.78 is 2.25. The van der Waals surface area contributed by atoms with Crippen molar-refractivity contribution in [3.8, 4) is 0 Å². The molecule has 3 nitrogen and oxygen atoms in total. The van der Waals surface area contributed by atoms with Gasteiger partial charge in [0.25, 0.3) is 0 Å². The number of alkyl halides is 1. The Morgan fingerprint density at radius 3 is 2.86 bits per heavy atom. The molecule has 1 aromatic carbocycles. The Labute approximate surface area is 135 Å². The summed E-state index contributed by atoms with van der Waals surface area (Å²) in [6, 6.07) is 6.47. The van der Waals surface area contributed by atoms with Crippen LogP contribution >= 0.6 is 23.2 Å². The van der Waals surface area contributed by atoms with Crippen LogP contribution < -0.4 is 0 Å². The molecule has 0 aliphatic carbocycles. The van der Waals surface area contributed by atoms with Gasteiger partial charge in [0.05, 0.1) is 16.9 Å². The zero-order chi connectivity index (χ0) is 15.0. The normalized spacial score (nSPS) is 20.0. The molecule has 0 amide bonds. The first-order chi connectivity index (χ1) is 10.1. The summed E-state index contributed by atoms with van der Waals surface area (Å²) in [7, 11) is 0. The Hall–Kier alpha value is -0.770. The molecule has 21 heavy (non-hydrogen) atoms. The zero-order valence-corrected chi connectivity index (χ0v) is 14.0. The van der Waals surface area contributed by atoms with Gasteiger partial charge in [0.2, 0.25) is 0 Å². The molecule has 1 fully saturated rings. The number of halogens is 2. The molecule has 0 saturated carbocycles. The fraction of sp³-hybridized carbons (Fsp3) is 0.562. The Morgan fingerprint density at radius 1 is 1.38 bits per heavy atom. The van der Waals surface area contributed by atoms with Crippen LogP contribution in [0.15, 0.2) is 18.2 Å². The quantitative estimate of drug-likeness (QED) is 0.787. The second-order valence-electron chi connectivity index (χ2n) is 6.15. The standard InChI is InChI=1S/C16H21Cl2N3/c1-11(2)20-6-5-12(9-20)10-21-15-7-13(18)3-4-14(15)19-16(21)8-17/h3-4,7,11-12H,5-6,8-10H2,1-2H3. The second-order valence-corrected chi connectivity index (χ2v) is 6.85. The SMILES string of the molecule is CC(C)N1CCC(Cn2c(CCl)nc3ccc(Cl)cc32)C1. The van der Waals surface area contributed by atoms with E-state index in [9.17, 15) is 0 Å². The van der Waals surface area contributed by atoms with Crippen molar-refractivity contribution >= 4 is 34.2 Å². The van der Waals surface area contributed by atoms with Crippen molar-refractivity contribution in [2.24, 2.45) is 5.92 Å². The van der Waals surface area contributed by atoms with Gasteiger partial charge in [-0.25, -0.2) is 4.98 Å². The molecule has 0 radical (unpaired) electrons. The summed E-state index contributed by atoms with van der Waals surface area (Å²) in [6.45, 7) is 7.84. The molecule has 1 aromatic heterocycles. The molecule has 1 atom stereocenters. The van der Waals surface area contributed by atoms with E-state index in [1.807, 2.05) is 18.2 Å². The van der Waals surface area contributed by atoms with Crippen molar-refractivity contribution in [2.75, 3.05) is 13.1 Å². The van der Waals surface area contributed by atoms with Crippen LogP contribution in [0.25, 0.3) is 11.0 Å². The van der Waals surface area contributed by atoms with Gasteiger partial charge in [-0.2, -0.15) is 0 Å². The van der Waals surface area contributed by atoms with Crippen molar-refractivity contribution in [2.45, 2.75) is 38.7 Å². The highest BCUT2D eigenvalue weighted by Gasteiger charge is 2.25. The van der Waals surface area contributed by atoms with E-state index < -0.39 is 0 Å². The average molecular weight is 326 g/mol. The molecule has 2 aromatic rings. The molecule has 0 bridgehead atoms. The van der Waals surface area contributed by atoms with Crippen LogP contribution in [0.5, 0.6) is 0 Å². The van der Waals surface area contributed by atoms with Crippen LogP contribution in [0, 0.1) is 5.92 Å². The lowest BCUT2D eigenvalue weighted by atomic mass is 10.1. The first-order valence-electron chi connectivity index (χ1n) is 7.53. The van der Waals surface area contributed by atoms with Gasteiger partial charge in [0.1, 0.15) is 5.82 Å². The van der Waals surface area contributed by atoms with Gasteiger partial charge in [-0.3, -0.25) is 0 Å². The number of hydrogen-bond acceptors (Lipinski definition) is 2. The Kier molecular flexibility index (Phi) is 4.43. The van der Waals surface area contributed by atoms with Crippen LogP contribution in [0.1, 0.15) is 26.1 Å². The van der Waals surface area contributed by atoms with E-state index in [0.29, 0.717) is 17.8 Å². The van der Waals surface area contributed by atoms with Gasteiger partial charge >= 0.3 is 0 Å². The smallest absolute Gasteiger partial charge is 0.124 e. The zero-order valence-electron chi connectivity index (χ0n) is 12.5. The molecule has 1 unspecified atom stereocenters. The van der Waals surface area contributed by atoms with Gasteiger partial charge < -0.3 is 9.47 Å². The van der Waals surface area contributed by atoms with E-state index in [0.717, 1.165) is 35.0 Å². The number of hydrogen-bond donors (Lipinski definition) is 0. The van der Waals surface area contributed by atoms with Gasteiger partial charge in [0.15, 0.2) is 0 Å². The van der Waals surface area contributed by atoms with E-state index in [2.05, 4.69) is 28.3 Å². The maximum Gasteiger partial charge on any atom is 0.124 e. The molecule has 2 heterocycles. The summed E-state index contributed by atoms with van der Waals surface area (Å²) in [5.41, 5.74) is 2.08. The predicted octanol–water partition coefficient (Wildman–Crippen LogP) is 4.16. The van der Waals surface area contributed by atoms with Gasteiger partial charge in [-0.05, 0) is 50.9 Å². The molecule has 0 spiro atoms. The van der Waals surface area contributed by atoms with Crippen LogP contribution in [0.3, 0.4) is 0 Å². The number of fused-ring (bicyclic) bond motifs is 1. The molecule has 0 N–H and O–H groups in total. The van der Waals surface area contributed by atoms with Crippen LogP contribution in [-0.2, 0) is 12.4 Å². The van der Waals surface area contributed by atoms with Crippen molar-refractivity contribution in [1.82, 2.24) is 14.5 Å². The van der Waals surface area contributed by atoms with E-state index in [1.54, 1.807) is 0 Å². The van der Waals surface area contributed by atoms with Gasteiger partial charge in [-0.15, -0.1) is 11.6 Å². The predicted molar refractivity (Wildman–Crippen MR) is 89.1 cm³/mol. The molecular formula is C16H21Cl2N3. The lowest BCUT2D eigenvalue weighted by molar-refractivity contribution is 0.261. The minimum absolute atomic E-state index is 0.437. The number of rotatable bonds is 4. The monoisotopic (exact) mass is 325 g/mol. The number of nitrogens with zero attached hydrogens (tertiary/aromatic N) is 3. The third-order valence-electron chi connectivity index (χ3n) is 4.40. The summed E-state index contributed by atoms with van der Waals surface area (Å²) in [6.07, 6.45) is 1.24. The third kappa shape index (κ3) is 3.05. The third-order valence-corrected chi connectivity index (χ3v) is 4.87. The summed E-state index contributed by atoms with van der Waals surface area (Å²) in [5.74, 6) is 2.04. The fourth-order valence-electron chi connectivity index (χ4n) is 3.19. The number of imidazole rings is 1. The van der Waals surface area contributed by atoms with Gasteiger partial charge in [-0.1, -0.05) is 11.6 Å². The highest BCUT2D eigenvalue weighted by atomic mass is 35.5. The summed E-state index contributed by atoms with van der Waals surface area (Å²) in [4.78, 5) is 7.17. The largest absolute Gasteiger partial charge is 0.327 e. The van der Waals surface area contributed by atoms with E-state index in [1.165, 1.54) is 13.0 Å². The number of benzene rings is 1. The molecule has 114 valence electrons. The Morgan fingerprint density at radius 2 is 2.19 bits per heavy atom. The minimum Gasteiger partial charge on any atom is -0.327 e. The highest BCUT2D eigenvalue weighted by Crippen LogP contribution is 2.26. The maximum atomic E-state index is 6.14. The first kappa shape index (κ1) is 15.1. The van der Waals surface area contributed by atoms with Crippen molar-refractivity contribution in [3.63, 3.8) is 0 Å². The van der Waals surface area contributed by atoms with E-state index >= 15 is 0 Å². The molecule has 3 rings (SSSR count). The Balaban J connectivity index is 1.88. The van der Waals surface area contributed by atoms with Crippen LogP contribution in [0.4, 0.5) is 0 Å². The van der Waals surface area contributed by atoms with Crippen molar-refractivity contribution in [3.05, 3.63) is 29.0 Å². The highest BCUT2D eigenvalue weighted by molar-refractivity contribution is 6.31. The molecule has 1 saturated heterocycles. The first-order valence-corrected chi connectivity index (χ1v) is 8.44. The van der Waals surface area contributed by atoms with Crippen molar-refractivity contribution < 1.29 is 0 Å². The topological polar surface area (TPSA) is 21.1 Å². The summed E-state index contributed by atoms with van der Waals surface area (Å²) in [5, 5.41) is 0.750. The number of aromatic nitrogens is 2.